The number of pyridine rings is 1. The van der Waals surface area contributed by atoms with Crippen molar-refractivity contribution in [1.82, 2.24) is 4.57 Å². The first-order valence-corrected chi connectivity index (χ1v) is 6.83. The molecule has 0 aliphatic carbocycles. The summed E-state index contributed by atoms with van der Waals surface area (Å²) in [6, 6.07) is 1.41. The van der Waals surface area contributed by atoms with Gasteiger partial charge in [0.25, 0.3) is 5.56 Å². The van der Waals surface area contributed by atoms with Gasteiger partial charge in [-0.05, 0) is 46.1 Å². The zero-order chi connectivity index (χ0) is 15.1. The van der Waals surface area contributed by atoms with E-state index in [1.54, 1.807) is 18.4 Å². The lowest BCUT2D eigenvalue weighted by Gasteiger charge is -2.37. The summed E-state index contributed by atoms with van der Waals surface area (Å²) in [6.07, 6.45) is 1.43. The first kappa shape index (κ1) is 14.8. The van der Waals surface area contributed by atoms with Crippen molar-refractivity contribution in [2.45, 2.75) is 52.2 Å². The summed E-state index contributed by atoms with van der Waals surface area (Å²) in [5.41, 5.74) is 0.859. The molecule has 110 valence electrons. The lowest BCUT2D eigenvalue weighted by Crippen LogP contribution is -2.39. The molecule has 5 heteroatoms. The van der Waals surface area contributed by atoms with Gasteiger partial charge in [0.15, 0.2) is 0 Å². The molecule has 2 rings (SSSR count). The Kier molecular flexibility index (Phi) is 3.73. The molecule has 1 saturated heterocycles. The minimum Gasteiger partial charge on any atom is -0.478 e. The monoisotopic (exact) mass is 279 g/mol. The molecule has 0 radical (unpaired) electrons. The number of carboxylic acids is 1. The topological polar surface area (TPSA) is 68.5 Å². The van der Waals surface area contributed by atoms with E-state index < -0.39 is 5.97 Å². The van der Waals surface area contributed by atoms with Crippen molar-refractivity contribution < 1.29 is 14.6 Å². The minimum absolute atomic E-state index is 0.00931. The van der Waals surface area contributed by atoms with E-state index in [0.717, 1.165) is 6.42 Å². The van der Waals surface area contributed by atoms with Crippen LogP contribution in [0.1, 0.15) is 54.3 Å². The first-order valence-electron chi connectivity index (χ1n) is 6.83. The van der Waals surface area contributed by atoms with Gasteiger partial charge in [0, 0.05) is 24.4 Å². The third-order valence-corrected chi connectivity index (χ3v) is 3.95. The number of carboxylic acid groups (broad SMARTS) is 1. The van der Waals surface area contributed by atoms with Crippen molar-refractivity contribution in [3.05, 3.63) is 33.2 Å². The predicted octanol–water partition coefficient (Wildman–Crippen LogP) is 2.29. The second-order valence-corrected chi connectivity index (χ2v) is 6.06. The van der Waals surface area contributed by atoms with E-state index >= 15 is 0 Å². The minimum atomic E-state index is -0.986. The van der Waals surface area contributed by atoms with E-state index in [9.17, 15) is 14.7 Å². The molecule has 0 amide bonds. The summed E-state index contributed by atoms with van der Waals surface area (Å²) in [6.45, 7) is 7.94. The first-order chi connectivity index (χ1) is 9.23. The van der Waals surface area contributed by atoms with Crippen molar-refractivity contribution in [2.75, 3.05) is 6.61 Å². The highest BCUT2D eigenvalue weighted by molar-refractivity contribution is 5.90. The number of rotatable bonds is 2. The van der Waals surface area contributed by atoms with Gasteiger partial charge in [-0.1, -0.05) is 0 Å². The number of ether oxygens (including phenoxy) is 1. The van der Waals surface area contributed by atoms with Crippen LogP contribution >= 0.6 is 0 Å². The Labute approximate surface area is 118 Å². The van der Waals surface area contributed by atoms with Crippen LogP contribution in [0.15, 0.2) is 10.9 Å². The fourth-order valence-electron chi connectivity index (χ4n) is 3.10. The van der Waals surface area contributed by atoms with E-state index in [4.69, 9.17) is 4.74 Å². The van der Waals surface area contributed by atoms with Gasteiger partial charge in [0.1, 0.15) is 0 Å². The molecule has 2 heterocycles. The van der Waals surface area contributed by atoms with Gasteiger partial charge in [-0.25, -0.2) is 4.79 Å². The van der Waals surface area contributed by atoms with Crippen LogP contribution in [0.5, 0.6) is 0 Å². The smallest absolute Gasteiger partial charge is 0.337 e. The highest BCUT2D eigenvalue weighted by Gasteiger charge is 2.31. The van der Waals surface area contributed by atoms with E-state index in [-0.39, 0.29) is 22.8 Å². The van der Waals surface area contributed by atoms with E-state index in [2.05, 4.69) is 0 Å². The van der Waals surface area contributed by atoms with Gasteiger partial charge in [0.05, 0.1) is 11.2 Å². The van der Waals surface area contributed by atoms with Crippen LogP contribution in [0.4, 0.5) is 0 Å². The lowest BCUT2D eigenvalue weighted by molar-refractivity contribution is -0.0698. The van der Waals surface area contributed by atoms with Gasteiger partial charge >= 0.3 is 5.97 Å². The van der Waals surface area contributed by atoms with Crippen LogP contribution in [0.3, 0.4) is 0 Å². The molecular weight excluding hydrogens is 258 g/mol. The number of hydrogen-bond acceptors (Lipinski definition) is 3. The molecule has 5 nitrogen and oxygen atoms in total. The van der Waals surface area contributed by atoms with Crippen LogP contribution < -0.4 is 5.56 Å². The Morgan fingerprint density at radius 3 is 2.65 bits per heavy atom. The molecule has 1 aliphatic heterocycles. The molecule has 1 aromatic heterocycles. The Morgan fingerprint density at radius 2 is 2.10 bits per heavy atom. The number of hydrogen-bond donors (Lipinski definition) is 1. The molecule has 0 bridgehead atoms. The summed E-state index contributed by atoms with van der Waals surface area (Å²) in [7, 11) is 0. The van der Waals surface area contributed by atoms with Gasteiger partial charge in [0.2, 0.25) is 0 Å². The largest absolute Gasteiger partial charge is 0.478 e. The fraction of sp³-hybridized carbons (Fsp3) is 0.600. The number of nitrogens with zero attached hydrogens (tertiary/aromatic N) is 1. The van der Waals surface area contributed by atoms with Crippen molar-refractivity contribution in [3.63, 3.8) is 0 Å². The van der Waals surface area contributed by atoms with E-state index in [1.165, 1.54) is 6.07 Å². The van der Waals surface area contributed by atoms with Crippen LogP contribution in [-0.4, -0.2) is 27.9 Å². The Hall–Kier alpha value is -1.62. The Balaban J connectivity index is 2.54. The van der Waals surface area contributed by atoms with E-state index in [0.29, 0.717) is 24.3 Å². The summed E-state index contributed by atoms with van der Waals surface area (Å²) < 4.78 is 7.29. The van der Waals surface area contributed by atoms with Gasteiger partial charge < -0.3 is 14.4 Å². The second kappa shape index (κ2) is 5.05. The molecule has 1 aromatic rings. The maximum absolute atomic E-state index is 12.3. The SMILES string of the molecule is Cc1cc(=O)n(C2CCOC(C)(C)C2)c(C)c1C(=O)O. The standard InChI is InChI=1S/C15H21NO4/c1-9-7-12(17)16(10(2)13(9)14(18)19)11-5-6-20-15(3,4)8-11/h7,11H,5-6,8H2,1-4H3,(H,18,19). The molecule has 0 aromatic carbocycles. The highest BCUT2D eigenvalue weighted by atomic mass is 16.5. The number of aryl methyl sites for hydroxylation is 1. The molecule has 0 saturated carbocycles. The molecular formula is C15H21NO4. The summed E-state index contributed by atoms with van der Waals surface area (Å²) in [4.78, 5) is 23.7. The third kappa shape index (κ3) is 2.63. The molecule has 1 atom stereocenters. The van der Waals surface area contributed by atoms with Gasteiger partial charge in [-0.2, -0.15) is 0 Å². The summed E-state index contributed by atoms with van der Waals surface area (Å²) in [5.74, 6) is -0.986. The average molecular weight is 279 g/mol. The van der Waals surface area contributed by atoms with Gasteiger partial charge in [-0.3, -0.25) is 4.79 Å². The lowest BCUT2D eigenvalue weighted by atomic mass is 9.93. The predicted molar refractivity (Wildman–Crippen MR) is 75.4 cm³/mol. The van der Waals surface area contributed by atoms with Crippen molar-refractivity contribution in [3.8, 4) is 0 Å². The Morgan fingerprint density at radius 1 is 1.45 bits per heavy atom. The fourth-order valence-corrected chi connectivity index (χ4v) is 3.10. The summed E-state index contributed by atoms with van der Waals surface area (Å²) in [5, 5.41) is 9.32. The maximum Gasteiger partial charge on any atom is 0.337 e. The highest BCUT2D eigenvalue weighted by Crippen LogP contribution is 2.32. The zero-order valence-electron chi connectivity index (χ0n) is 12.4. The Bertz CT molecular complexity index is 601. The van der Waals surface area contributed by atoms with Crippen LogP contribution in [0.2, 0.25) is 0 Å². The van der Waals surface area contributed by atoms with Crippen LogP contribution in [0, 0.1) is 13.8 Å². The van der Waals surface area contributed by atoms with Crippen molar-refractivity contribution >= 4 is 5.97 Å². The van der Waals surface area contributed by atoms with Crippen LogP contribution in [0.25, 0.3) is 0 Å². The third-order valence-electron chi connectivity index (χ3n) is 3.95. The quantitative estimate of drug-likeness (QED) is 0.902. The molecule has 20 heavy (non-hydrogen) atoms. The van der Waals surface area contributed by atoms with Crippen molar-refractivity contribution in [2.24, 2.45) is 0 Å². The normalized spacial score (nSPS) is 21.7. The molecule has 1 fully saturated rings. The molecule has 1 aliphatic rings. The average Bonchev–Trinajstić information content (AvgIpc) is 2.25. The van der Waals surface area contributed by atoms with E-state index in [1.807, 2.05) is 13.8 Å². The maximum atomic E-state index is 12.3. The molecule has 1 N–H and O–H groups in total. The second-order valence-electron chi connectivity index (χ2n) is 6.06. The van der Waals surface area contributed by atoms with Crippen molar-refractivity contribution in [1.29, 1.82) is 0 Å². The number of aromatic carboxylic acids is 1. The van der Waals surface area contributed by atoms with Gasteiger partial charge in [-0.15, -0.1) is 0 Å². The molecule has 1 unspecified atom stereocenters. The number of aromatic nitrogens is 1. The zero-order valence-corrected chi connectivity index (χ0v) is 12.4. The number of carbonyl (C=O) groups is 1. The van der Waals surface area contributed by atoms with Crippen LogP contribution in [-0.2, 0) is 4.74 Å². The molecule has 0 spiro atoms. The summed E-state index contributed by atoms with van der Waals surface area (Å²) >= 11 is 0.